The summed E-state index contributed by atoms with van der Waals surface area (Å²) in [5.74, 6) is 0. The third-order valence-corrected chi connectivity index (χ3v) is 3.96. The summed E-state index contributed by atoms with van der Waals surface area (Å²) >= 11 is 3.54. The van der Waals surface area contributed by atoms with Gasteiger partial charge in [0.05, 0.1) is 0 Å². The van der Waals surface area contributed by atoms with Crippen LogP contribution in [0.25, 0.3) is 10.9 Å². The minimum Gasteiger partial charge on any atom is -0.398 e. The number of nitrogen functional groups attached to an aromatic ring is 1. The predicted octanol–water partition coefficient (Wildman–Crippen LogP) is 4.11. The van der Waals surface area contributed by atoms with Crippen molar-refractivity contribution < 1.29 is 0 Å². The first-order valence-electron chi connectivity index (χ1n) is 6.22. The molecule has 0 aliphatic heterocycles. The Morgan fingerprint density at radius 3 is 2.68 bits per heavy atom. The fraction of sp³-hybridized carbons (Fsp3) is 0.125. The van der Waals surface area contributed by atoms with E-state index in [-0.39, 0.29) is 0 Å². The van der Waals surface area contributed by atoms with E-state index in [0.29, 0.717) is 0 Å². The third kappa shape index (κ3) is 2.26. The zero-order valence-corrected chi connectivity index (χ0v) is 12.3. The van der Waals surface area contributed by atoms with E-state index in [4.69, 9.17) is 5.73 Å². The topological polar surface area (TPSA) is 30.9 Å². The van der Waals surface area contributed by atoms with Gasteiger partial charge < -0.3 is 10.3 Å². The molecule has 3 rings (SSSR count). The Morgan fingerprint density at radius 1 is 1.11 bits per heavy atom. The highest BCUT2D eigenvalue weighted by atomic mass is 79.9. The van der Waals surface area contributed by atoms with Gasteiger partial charge in [-0.3, -0.25) is 0 Å². The van der Waals surface area contributed by atoms with Gasteiger partial charge in [0.15, 0.2) is 0 Å². The second-order valence-electron chi connectivity index (χ2n) is 4.80. The second-order valence-corrected chi connectivity index (χ2v) is 5.72. The van der Waals surface area contributed by atoms with Crippen LogP contribution in [-0.2, 0) is 13.5 Å². The fourth-order valence-corrected chi connectivity index (χ4v) is 2.85. The fourth-order valence-electron chi connectivity index (χ4n) is 2.49. The van der Waals surface area contributed by atoms with Gasteiger partial charge in [-0.1, -0.05) is 34.1 Å². The Bertz CT molecular complexity index is 744. The van der Waals surface area contributed by atoms with E-state index in [2.05, 4.69) is 58.0 Å². The monoisotopic (exact) mass is 314 g/mol. The molecule has 0 fully saturated rings. The Morgan fingerprint density at radius 2 is 1.89 bits per heavy atom. The number of nitrogens with two attached hydrogens (primary N) is 1. The maximum atomic E-state index is 6.03. The number of para-hydroxylation sites is 1. The third-order valence-electron chi connectivity index (χ3n) is 3.47. The molecule has 2 N–H and O–H groups in total. The van der Waals surface area contributed by atoms with Gasteiger partial charge in [-0.2, -0.15) is 0 Å². The van der Waals surface area contributed by atoms with Crippen LogP contribution in [-0.4, -0.2) is 4.57 Å². The minimum absolute atomic E-state index is 0.856. The van der Waals surface area contributed by atoms with Crippen molar-refractivity contribution in [2.24, 2.45) is 7.05 Å². The van der Waals surface area contributed by atoms with Crippen molar-refractivity contribution >= 4 is 32.5 Å². The Kier molecular flexibility index (Phi) is 3.07. The number of aryl methyl sites for hydroxylation is 1. The highest BCUT2D eigenvalue weighted by Crippen LogP contribution is 2.27. The SMILES string of the molecule is Cn1cc(Cc2ccccc2N)c2cc(Br)ccc21. The maximum Gasteiger partial charge on any atom is 0.0481 e. The lowest BCUT2D eigenvalue weighted by Gasteiger charge is -2.04. The highest BCUT2D eigenvalue weighted by Gasteiger charge is 2.09. The average Bonchev–Trinajstić information content (AvgIpc) is 2.69. The number of anilines is 1. The van der Waals surface area contributed by atoms with Gasteiger partial charge in [0, 0.05) is 40.7 Å². The highest BCUT2D eigenvalue weighted by molar-refractivity contribution is 9.10. The molecular formula is C16H15BrN2. The minimum atomic E-state index is 0.856. The lowest BCUT2D eigenvalue weighted by atomic mass is 10.0. The molecule has 0 bridgehead atoms. The first-order valence-corrected chi connectivity index (χ1v) is 7.01. The van der Waals surface area contributed by atoms with Gasteiger partial charge in [0.25, 0.3) is 0 Å². The first-order chi connectivity index (χ1) is 9.15. The molecule has 3 aromatic rings. The molecule has 0 spiro atoms. The summed E-state index contributed by atoms with van der Waals surface area (Å²) in [7, 11) is 2.08. The number of aromatic nitrogens is 1. The van der Waals surface area contributed by atoms with Crippen LogP contribution in [0.4, 0.5) is 5.69 Å². The summed E-state index contributed by atoms with van der Waals surface area (Å²) in [5, 5.41) is 1.28. The predicted molar refractivity (Wildman–Crippen MR) is 84.3 cm³/mol. The van der Waals surface area contributed by atoms with Crippen molar-refractivity contribution in [1.29, 1.82) is 0 Å². The standard InChI is InChI=1S/C16H15BrN2/c1-19-10-12(8-11-4-2-3-5-15(11)18)14-9-13(17)6-7-16(14)19/h2-7,9-10H,8,18H2,1H3. The molecule has 0 saturated carbocycles. The molecule has 0 radical (unpaired) electrons. The first kappa shape index (κ1) is 12.3. The van der Waals surface area contributed by atoms with E-state index in [9.17, 15) is 0 Å². The zero-order chi connectivity index (χ0) is 13.4. The molecule has 0 unspecified atom stereocenters. The van der Waals surface area contributed by atoms with Crippen molar-refractivity contribution in [3.8, 4) is 0 Å². The Hall–Kier alpha value is -1.74. The number of rotatable bonds is 2. The van der Waals surface area contributed by atoms with Gasteiger partial charge in [0.1, 0.15) is 0 Å². The van der Waals surface area contributed by atoms with Gasteiger partial charge >= 0.3 is 0 Å². The molecule has 0 amide bonds. The molecular weight excluding hydrogens is 300 g/mol. The molecule has 19 heavy (non-hydrogen) atoms. The van der Waals surface area contributed by atoms with Crippen LogP contribution < -0.4 is 5.73 Å². The lowest BCUT2D eigenvalue weighted by Crippen LogP contribution is -1.94. The summed E-state index contributed by atoms with van der Waals surface area (Å²) in [6.45, 7) is 0. The average molecular weight is 315 g/mol. The number of nitrogens with zero attached hydrogens (tertiary/aromatic N) is 1. The smallest absolute Gasteiger partial charge is 0.0481 e. The normalized spacial score (nSPS) is 11.1. The Balaban J connectivity index is 2.11. The number of halogens is 1. The summed E-state index contributed by atoms with van der Waals surface area (Å²) in [6.07, 6.45) is 3.05. The lowest BCUT2D eigenvalue weighted by molar-refractivity contribution is 0.958. The van der Waals surface area contributed by atoms with Gasteiger partial charge in [0.2, 0.25) is 0 Å². The van der Waals surface area contributed by atoms with Crippen LogP contribution in [0.5, 0.6) is 0 Å². The molecule has 0 saturated heterocycles. The number of benzene rings is 2. The van der Waals surface area contributed by atoms with E-state index in [1.807, 2.05) is 18.2 Å². The molecule has 96 valence electrons. The molecule has 0 aliphatic rings. The van der Waals surface area contributed by atoms with E-state index < -0.39 is 0 Å². The van der Waals surface area contributed by atoms with E-state index in [0.717, 1.165) is 16.6 Å². The summed E-state index contributed by atoms with van der Waals surface area (Å²) < 4.78 is 3.27. The summed E-state index contributed by atoms with van der Waals surface area (Å²) in [4.78, 5) is 0. The largest absolute Gasteiger partial charge is 0.398 e. The zero-order valence-electron chi connectivity index (χ0n) is 10.7. The molecule has 0 atom stereocenters. The van der Waals surface area contributed by atoms with E-state index >= 15 is 0 Å². The molecule has 2 nitrogen and oxygen atoms in total. The molecule has 0 aliphatic carbocycles. The quantitative estimate of drug-likeness (QED) is 0.709. The van der Waals surface area contributed by atoms with Crippen molar-refractivity contribution in [2.45, 2.75) is 6.42 Å². The van der Waals surface area contributed by atoms with Crippen LogP contribution in [0.3, 0.4) is 0 Å². The summed E-state index contributed by atoms with van der Waals surface area (Å²) in [5.41, 5.74) is 10.6. The molecule has 3 heteroatoms. The van der Waals surface area contributed by atoms with E-state index in [1.165, 1.54) is 22.0 Å². The van der Waals surface area contributed by atoms with Crippen LogP contribution >= 0.6 is 15.9 Å². The van der Waals surface area contributed by atoms with Crippen molar-refractivity contribution in [3.05, 3.63) is 64.3 Å². The van der Waals surface area contributed by atoms with Gasteiger partial charge in [-0.25, -0.2) is 0 Å². The summed E-state index contributed by atoms with van der Waals surface area (Å²) in [6, 6.07) is 14.4. The van der Waals surface area contributed by atoms with Crippen molar-refractivity contribution in [2.75, 3.05) is 5.73 Å². The second kappa shape index (κ2) is 4.74. The van der Waals surface area contributed by atoms with Gasteiger partial charge in [-0.15, -0.1) is 0 Å². The van der Waals surface area contributed by atoms with Gasteiger partial charge in [-0.05, 0) is 35.4 Å². The van der Waals surface area contributed by atoms with Crippen LogP contribution in [0, 0.1) is 0 Å². The van der Waals surface area contributed by atoms with E-state index in [1.54, 1.807) is 0 Å². The molecule has 1 heterocycles. The van der Waals surface area contributed by atoms with Crippen LogP contribution in [0.2, 0.25) is 0 Å². The Labute approximate surface area is 121 Å². The maximum absolute atomic E-state index is 6.03. The molecule has 1 aromatic heterocycles. The van der Waals surface area contributed by atoms with Crippen LogP contribution in [0.1, 0.15) is 11.1 Å². The number of hydrogen-bond acceptors (Lipinski definition) is 1. The van der Waals surface area contributed by atoms with Crippen LogP contribution in [0.15, 0.2) is 53.1 Å². The molecule has 2 aromatic carbocycles. The van der Waals surface area contributed by atoms with Crippen molar-refractivity contribution in [1.82, 2.24) is 4.57 Å². The van der Waals surface area contributed by atoms with Crippen molar-refractivity contribution in [3.63, 3.8) is 0 Å². The number of fused-ring (bicyclic) bond motifs is 1. The number of hydrogen-bond donors (Lipinski definition) is 1.